The van der Waals surface area contributed by atoms with Gasteiger partial charge in [-0.1, -0.05) is 15.9 Å². The summed E-state index contributed by atoms with van der Waals surface area (Å²) < 4.78 is 2.56. The number of aromatic carboxylic acids is 1. The summed E-state index contributed by atoms with van der Waals surface area (Å²) in [6, 6.07) is 5.71. The van der Waals surface area contributed by atoms with Crippen molar-refractivity contribution >= 4 is 21.9 Å². The van der Waals surface area contributed by atoms with Crippen LogP contribution in [0.1, 0.15) is 15.9 Å². The molecule has 0 unspecified atom stereocenters. The molecule has 1 aromatic carbocycles. The highest BCUT2D eigenvalue weighted by Crippen LogP contribution is 2.19. The summed E-state index contributed by atoms with van der Waals surface area (Å²) in [6.45, 7) is 1.97. The van der Waals surface area contributed by atoms with Crippen molar-refractivity contribution in [3.8, 4) is 5.69 Å². The van der Waals surface area contributed by atoms with Gasteiger partial charge in [-0.15, -0.1) is 0 Å². The molecule has 0 aliphatic carbocycles. The number of benzene rings is 1. The lowest BCUT2D eigenvalue weighted by Gasteiger charge is -2.03. The molecule has 1 N–H and O–H groups in total. The number of hydrogen-bond donors (Lipinski definition) is 1. The van der Waals surface area contributed by atoms with E-state index in [1.54, 1.807) is 4.68 Å². The van der Waals surface area contributed by atoms with Gasteiger partial charge in [0.05, 0.1) is 17.4 Å². The molecule has 2 aromatic rings. The lowest BCUT2D eigenvalue weighted by molar-refractivity contribution is 0.0697. The molecule has 0 atom stereocenters. The highest BCUT2D eigenvalue weighted by molar-refractivity contribution is 9.10. The highest BCUT2D eigenvalue weighted by atomic mass is 79.9. The predicted octanol–water partition coefficient (Wildman–Crippen LogP) is 2.64. The number of halogens is 1. The molecule has 0 aliphatic heterocycles. The first-order chi connectivity index (χ1) is 7.58. The Kier molecular flexibility index (Phi) is 2.78. The Morgan fingerprint density at radius 2 is 2.25 bits per heavy atom. The molecule has 5 heteroatoms. The van der Waals surface area contributed by atoms with E-state index in [1.165, 1.54) is 12.4 Å². The molecule has 0 amide bonds. The van der Waals surface area contributed by atoms with Crippen LogP contribution in [0.4, 0.5) is 0 Å². The molecule has 0 fully saturated rings. The number of carboxylic acids is 1. The molecule has 0 saturated heterocycles. The van der Waals surface area contributed by atoms with Gasteiger partial charge in [0.1, 0.15) is 0 Å². The average Bonchev–Trinajstić information content (AvgIpc) is 2.71. The van der Waals surface area contributed by atoms with Crippen molar-refractivity contribution < 1.29 is 9.90 Å². The van der Waals surface area contributed by atoms with Gasteiger partial charge in [0.15, 0.2) is 0 Å². The Balaban J connectivity index is 2.42. The second-order valence-corrected chi connectivity index (χ2v) is 4.27. The summed E-state index contributed by atoms with van der Waals surface area (Å²) in [5, 5.41) is 12.8. The van der Waals surface area contributed by atoms with Gasteiger partial charge in [0, 0.05) is 10.7 Å². The second kappa shape index (κ2) is 4.09. The van der Waals surface area contributed by atoms with E-state index < -0.39 is 5.97 Å². The first-order valence-electron chi connectivity index (χ1n) is 4.62. The fourth-order valence-corrected chi connectivity index (χ4v) is 1.59. The Hall–Kier alpha value is -1.62. The van der Waals surface area contributed by atoms with Crippen LogP contribution in [0.5, 0.6) is 0 Å². The van der Waals surface area contributed by atoms with E-state index in [4.69, 9.17) is 5.11 Å². The number of nitrogens with zero attached hydrogens (tertiary/aromatic N) is 2. The van der Waals surface area contributed by atoms with E-state index in [0.29, 0.717) is 0 Å². The van der Waals surface area contributed by atoms with Gasteiger partial charge in [0.25, 0.3) is 0 Å². The number of aromatic nitrogens is 2. The second-order valence-electron chi connectivity index (χ2n) is 3.41. The molecule has 0 spiro atoms. The Bertz CT molecular complexity index is 549. The van der Waals surface area contributed by atoms with E-state index in [9.17, 15) is 4.79 Å². The zero-order chi connectivity index (χ0) is 11.7. The molecular weight excluding hydrogens is 272 g/mol. The van der Waals surface area contributed by atoms with Gasteiger partial charge < -0.3 is 5.11 Å². The van der Waals surface area contributed by atoms with Crippen molar-refractivity contribution in [1.29, 1.82) is 0 Å². The summed E-state index contributed by atoms with van der Waals surface area (Å²) in [7, 11) is 0. The molecule has 0 radical (unpaired) electrons. The fourth-order valence-electron chi connectivity index (χ4n) is 1.35. The first kappa shape index (κ1) is 10.9. The van der Waals surface area contributed by atoms with Crippen LogP contribution in [0.25, 0.3) is 5.69 Å². The fraction of sp³-hybridized carbons (Fsp3) is 0.0909. The van der Waals surface area contributed by atoms with Crippen LogP contribution in [0.15, 0.2) is 35.1 Å². The number of aryl methyl sites for hydroxylation is 1. The maximum Gasteiger partial charge on any atom is 0.338 e. The van der Waals surface area contributed by atoms with Gasteiger partial charge in [-0.05, 0) is 30.7 Å². The summed E-state index contributed by atoms with van der Waals surface area (Å²) in [5.41, 5.74) is 2.10. The third-order valence-electron chi connectivity index (χ3n) is 2.24. The third-order valence-corrected chi connectivity index (χ3v) is 3.13. The van der Waals surface area contributed by atoms with Gasteiger partial charge >= 0.3 is 5.97 Å². The van der Waals surface area contributed by atoms with E-state index in [2.05, 4.69) is 21.0 Å². The molecule has 1 heterocycles. The van der Waals surface area contributed by atoms with E-state index >= 15 is 0 Å². The molecule has 16 heavy (non-hydrogen) atoms. The molecular formula is C11H9BrN2O2. The maximum atomic E-state index is 10.7. The normalized spacial score (nSPS) is 10.4. The SMILES string of the molecule is Cc1cc(-n2cc(C(=O)O)cn2)ccc1Br. The summed E-state index contributed by atoms with van der Waals surface area (Å²) in [5.74, 6) is -0.972. The minimum Gasteiger partial charge on any atom is -0.478 e. The Labute approximate surface area is 101 Å². The highest BCUT2D eigenvalue weighted by Gasteiger charge is 2.07. The van der Waals surface area contributed by atoms with Crippen LogP contribution < -0.4 is 0 Å². The monoisotopic (exact) mass is 280 g/mol. The Morgan fingerprint density at radius 1 is 1.50 bits per heavy atom. The van der Waals surface area contributed by atoms with Gasteiger partial charge in [-0.25, -0.2) is 9.48 Å². The van der Waals surface area contributed by atoms with Crippen LogP contribution >= 0.6 is 15.9 Å². The Morgan fingerprint density at radius 3 is 2.81 bits per heavy atom. The molecule has 2 rings (SSSR count). The standard InChI is InChI=1S/C11H9BrN2O2/c1-7-4-9(2-3-10(7)12)14-6-8(5-13-14)11(15)16/h2-6H,1H3,(H,15,16). The number of carbonyl (C=O) groups is 1. The number of hydrogen-bond acceptors (Lipinski definition) is 2. The molecule has 1 aromatic heterocycles. The summed E-state index contributed by atoms with van der Waals surface area (Å²) in [6.07, 6.45) is 2.82. The molecule has 0 bridgehead atoms. The van der Waals surface area contributed by atoms with E-state index in [1.807, 2.05) is 25.1 Å². The minimum absolute atomic E-state index is 0.181. The quantitative estimate of drug-likeness (QED) is 0.920. The number of carboxylic acid groups (broad SMARTS) is 1. The van der Waals surface area contributed by atoms with Crippen molar-refractivity contribution in [3.05, 3.63) is 46.2 Å². The van der Waals surface area contributed by atoms with Gasteiger partial charge in [0.2, 0.25) is 0 Å². The van der Waals surface area contributed by atoms with Crippen molar-refractivity contribution in [2.45, 2.75) is 6.92 Å². The largest absolute Gasteiger partial charge is 0.478 e. The predicted molar refractivity (Wildman–Crippen MR) is 63.0 cm³/mol. The zero-order valence-electron chi connectivity index (χ0n) is 8.51. The van der Waals surface area contributed by atoms with Crippen molar-refractivity contribution in [1.82, 2.24) is 9.78 Å². The molecule has 4 nitrogen and oxygen atoms in total. The van der Waals surface area contributed by atoms with Gasteiger partial charge in [-0.2, -0.15) is 5.10 Å². The van der Waals surface area contributed by atoms with Crippen molar-refractivity contribution in [2.24, 2.45) is 0 Å². The zero-order valence-corrected chi connectivity index (χ0v) is 10.1. The van der Waals surface area contributed by atoms with Crippen LogP contribution in [-0.2, 0) is 0 Å². The molecule has 0 aliphatic rings. The van der Waals surface area contributed by atoms with Crippen LogP contribution in [-0.4, -0.2) is 20.9 Å². The van der Waals surface area contributed by atoms with Crippen LogP contribution in [0.2, 0.25) is 0 Å². The number of rotatable bonds is 2. The third kappa shape index (κ3) is 1.99. The lowest BCUT2D eigenvalue weighted by atomic mass is 10.2. The smallest absolute Gasteiger partial charge is 0.338 e. The van der Waals surface area contributed by atoms with Crippen molar-refractivity contribution in [3.63, 3.8) is 0 Å². The summed E-state index contributed by atoms with van der Waals surface area (Å²) in [4.78, 5) is 10.7. The lowest BCUT2D eigenvalue weighted by Crippen LogP contribution is -1.96. The van der Waals surface area contributed by atoms with E-state index in [-0.39, 0.29) is 5.56 Å². The van der Waals surface area contributed by atoms with Crippen molar-refractivity contribution in [2.75, 3.05) is 0 Å². The minimum atomic E-state index is -0.972. The van der Waals surface area contributed by atoms with Crippen LogP contribution in [0.3, 0.4) is 0 Å². The van der Waals surface area contributed by atoms with Crippen LogP contribution in [0, 0.1) is 6.92 Å². The molecule has 82 valence electrons. The summed E-state index contributed by atoms with van der Waals surface area (Å²) >= 11 is 3.41. The average molecular weight is 281 g/mol. The first-order valence-corrected chi connectivity index (χ1v) is 5.42. The van der Waals surface area contributed by atoms with E-state index in [0.717, 1.165) is 15.7 Å². The molecule has 0 saturated carbocycles. The van der Waals surface area contributed by atoms with Gasteiger partial charge in [-0.3, -0.25) is 0 Å². The topological polar surface area (TPSA) is 55.1 Å². The maximum absolute atomic E-state index is 10.7.